The number of carbonyl (C=O) groups is 1. The number of methoxy groups -OCH3 is 1. The third-order valence-electron chi connectivity index (χ3n) is 5.92. The minimum Gasteiger partial charge on any atom is -0.497 e. The molecular formula is C26H26N2O4S. The summed E-state index contributed by atoms with van der Waals surface area (Å²) < 4.78 is 20.3. The lowest BCUT2D eigenvalue weighted by molar-refractivity contribution is -0.129. The molecule has 0 spiro atoms. The first kappa shape index (κ1) is 21.7. The molecule has 0 bridgehead atoms. The fourth-order valence-corrected chi connectivity index (χ4v) is 5.08. The number of benzene rings is 3. The Bertz CT molecular complexity index is 1110. The smallest absolute Gasteiger partial charge is 0.225 e. The van der Waals surface area contributed by atoms with E-state index in [1.165, 1.54) is 11.9 Å². The molecule has 33 heavy (non-hydrogen) atoms. The number of hydrogen-bond acceptors (Lipinski definition) is 6. The monoisotopic (exact) mass is 462 g/mol. The lowest BCUT2D eigenvalue weighted by Gasteiger charge is -2.30. The summed E-state index contributed by atoms with van der Waals surface area (Å²) in [6.07, 6.45) is 0.426. The van der Waals surface area contributed by atoms with Crippen molar-refractivity contribution in [3.05, 3.63) is 83.9 Å². The average molecular weight is 463 g/mol. The van der Waals surface area contributed by atoms with Gasteiger partial charge in [0.1, 0.15) is 19.0 Å². The highest BCUT2D eigenvalue weighted by molar-refractivity contribution is 7.97. The quantitative estimate of drug-likeness (QED) is 0.518. The number of amides is 1. The molecule has 3 aromatic rings. The van der Waals surface area contributed by atoms with Crippen molar-refractivity contribution in [2.24, 2.45) is 0 Å². The molecule has 6 nitrogen and oxygen atoms in total. The van der Waals surface area contributed by atoms with Gasteiger partial charge >= 0.3 is 0 Å². The maximum absolute atomic E-state index is 13.2. The van der Waals surface area contributed by atoms with Crippen LogP contribution in [-0.4, -0.2) is 37.2 Å². The van der Waals surface area contributed by atoms with Gasteiger partial charge in [0.25, 0.3) is 0 Å². The minimum absolute atomic E-state index is 0.0594. The number of nitrogens with zero attached hydrogens (tertiary/aromatic N) is 1. The van der Waals surface area contributed by atoms with Crippen LogP contribution in [0.25, 0.3) is 0 Å². The van der Waals surface area contributed by atoms with Crippen LogP contribution in [0.15, 0.2) is 77.7 Å². The zero-order valence-electron chi connectivity index (χ0n) is 18.4. The fourth-order valence-electron chi connectivity index (χ4n) is 4.31. The third-order valence-corrected chi connectivity index (χ3v) is 6.85. The first-order valence-electron chi connectivity index (χ1n) is 11.0. The first-order chi connectivity index (χ1) is 16.2. The molecule has 0 saturated carbocycles. The van der Waals surface area contributed by atoms with Gasteiger partial charge < -0.3 is 19.1 Å². The highest BCUT2D eigenvalue weighted by Crippen LogP contribution is 2.40. The third kappa shape index (κ3) is 4.79. The topological polar surface area (TPSA) is 60.0 Å². The van der Waals surface area contributed by atoms with Crippen LogP contribution < -0.4 is 18.9 Å². The Labute approximate surface area is 198 Å². The Hall–Kier alpha value is -3.16. The summed E-state index contributed by atoms with van der Waals surface area (Å²) >= 11 is 1.53. The Morgan fingerprint density at radius 1 is 1.00 bits per heavy atom. The second-order valence-electron chi connectivity index (χ2n) is 8.06. The molecule has 7 heteroatoms. The number of likely N-dealkylation sites (tertiary alicyclic amines) is 1. The van der Waals surface area contributed by atoms with Gasteiger partial charge in [-0.3, -0.25) is 9.52 Å². The van der Waals surface area contributed by atoms with Gasteiger partial charge in [0.05, 0.1) is 19.2 Å². The molecule has 0 radical (unpaired) electrons. The largest absolute Gasteiger partial charge is 0.497 e. The van der Waals surface area contributed by atoms with Gasteiger partial charge in [-0.05, 0) is 59.5 Å². The van der Waals surface area contributed by atoms with Crippen LogP contribution in [0.5, 0.6) is 17.2 Å². The number of ether oxygens (including phenoxy) is 3. The zero-order valence-corrected chi connectivity index (χ0v) is 19.2. The van der Waals surface area contributed by atoms with Crippen LogP contribution >= 0.6 is 11.9 Å². The number of rotatable bonds is 7. The van der Waals surface area contributed by atoms with Gasteiger partial charge in [-0.25, -0.2) is 0 Å². The summed E-state index contributed by atoms with van der Waals surface area (Å²) in [5.41, 5.74) is 2.14. The standard InChI is InChI=1S/C26H26N2O4S/c1-30-20-8-10-21(11-9-20)33-27-22-16-25(29)28(17-18-5-3-2-4-6-18)26(22)19-7-12-23-24(15-19)32-14-13-31-23/h2-12,15,22,26-27H,13-14,16-17H2,1H3/t22-,26+/m0/s1. The van der Waals surface area contributed by atoms with Crippen molar-refractivity contribution < 1.29 is 19.0 Å². The lowest BCUT2D eigenvalue weighted by atomic mass is 9.99. The summed E-state index contributed by atoms with van der Waals surface area (Å²) in [7, 11) is 1.66. The van der Waals surface area contributed by atoms with Crippen LogP contribution in [0.2, 0.25) is 0 Å². The Morgan fingerprint density at radius 3 is 2.52 bits per heavy atom. The Balaban J connectivity index is 1.41. The molecular weight excluding hydrogens is 436 g/mol. The van der Waals surface area contributed by atoms with Crippen molar-refractivity contribution in [1.29, 1.82) is 0 Å². The molecule has 2 aliphatic rings. The van der Waals surface area contributed by atoms with E-state index in [0.717, 1.165) is 33.3 Å². The fraction of sp³-hybridized carbons (Fsp3) is 0.269. The predicted octanol–water partition coefficient (Wildman–Crippen LogP) is 4.61. The number of hydrogen-bond donors (Lipinski definition) is 1. The highest BCUT2D eigenvalue weighted by atomic mass is 32.2. The molecule has 5 rings (SSSR count). The van der Waals surface area contributed by atoms with Crippen molar-refractivity contribution in [2.75, 3.05) is 20.3 Å². The molecule has 0 unspecified atom stereocenters. The lowest BCUT2D eigenvalue weighted by Crippen LogP contribution is -2.33. The number of nitrogens with one attached hydrogen (secondary N) is 1. The molecule has 3 aromatic carbocycles. The number of carbonyl (C=O) groups excluding carboxylic acids is 1. The zero-order chi connectivity index (χ0) is 22.6. The summed E-state index contributed by atoms with van der Waals surface area (Å²) in [6, 6.07) is 23.8. The maximum Gasteiger partial charge on any atom is 0.225 e. The second-order valence-corrected chi connectivity index (χ2v) is 8.97. The SMILES string of the molecule is COc1ccc(SN[C@H]2CC(=O)N(Cc3ccccc3)[C@@H]2c2ccc3c(c2)OCCO3)cc1. The number of fused-ring (bicyclic) bond motifs is 1. The predicted molar refractivity (Wildman–Crippen MR) is 128 cm³/mol. The summed E-state index contributed by atoms with van der Waals surface area (Å²) in [4.78, 5) is 16.2. The minimum atomic E-state index is -0.126. The molecule has 0 aromatic heterocycles. The normalized spacial score (nSPS) is 19.5. The molecule has 1 amide bonds. The molecule has 1 N–H and O–H groups in total. The maximum atomic E-state index is 13.2. The van der Waals surface area contributed by atoms with E-state index in [1.807, 2.05) is 65.6 Å². The Morgan fingerprint density at radius 2 is 1.76 bits per heavy atom. The molecule has 1 fully saturated rings. The summed E-state index contributed by atoms with van der Waals surface area (Å²) in [5, 5.41) is 0. The highest BCUT2D eigenvalue weighted by Gasteiger charge is 2.41. The molecule has 2 aliphatic heterocycles. The van der Waals surface area contributed by atoms with Crippen molar-refractivity contribution in [3.8, 4) is 17.2 Å². The van der Waals surface area contributed by atoms with E-state index in [9.17, 15) is 4.79 Å². The van der Waals surface area contributed by atoms with E-state index < -0.39 is 0 Å². The van der Waals surface area contributed by atoms with Crippen LogP contribution in [0.1, 0.15) is 23.6 Å². The van der Waals surface area contributed by atoms with Crippen molar-refractivity contribution in [1.82, 2.24) is 9.62 Å². The van der Waals surface area contributed by atoms with E-state index in [-0.39, 0.29) is 18.0 Å². The molecule has 170 valence electrons. The Kier molecular flexibility index (Phi) is 6.41. The van der Waals surface area contributed by atoms with Gasteiger partial charge in [0.2, 0.25) is 5.91 Å². The molecule has 1 saturated heterocycles. The summed E-state index contributed by atoms with van der Waals surface area (Å²) in [6.45, 7) is 1.64. The van der Waals surface area contributed by atoms with E-state index in [0.29, 0.717) is 26.2 Å². The average Bonchev–Trinajstić information content (AvgIpc) is 3.18. The van der Waals surface area contributed by atoms with Gasteiger partial charge in [-0.15, -0.1) is 0 Å². The van der Waals surface area contributed by atoms with E-state index in [2.05, 4.69) is 16.9 Å². The first-order valence-corrected chi connectivity index (χ1v) is 11.8. The van der Waals surface area contributed by atoms with E-state index >= 15 is 0 Å². The van der Waals surface area contributed by atoms with Gasteiger partial charge in [-0.2, -0.15) is 0 Å². The summed E-state index contributed by atoms with van der Waals surface area (Å²) in [5.74, 6) is 2.44. The van der Waals surface area contributed by atoms with Gasteiger partial charge in [0, 0.05) is 17.9 Å². The molecule has 2 atom stereocenters. The second kappa shape index (κ2) is 9.77. The van der Waals surface area contributed by atoms with Gasteiger partial charge in [0.15, 0.2) is 11.5 Å². The van der Waals surface area contributed by atoms with Crippen LogP contribution in [0.3, 0.4) is 0 Å². The molecule has 2 heterocycles. The van der Waals surface area contributed by atoms with Crippen molar-refractivity contribution >= 4 is 17.9 Å². The molecule has 0 aliphatic carbocycles. The van der Waals surface area contributed by atoms with Crippen LogP contribution in [0, 0.1) is 0 Å². The van der Waals surface area contributed by atoms with Gasteiger partial charge in [-0.1, -0.05) is 36.4 Å². The van der Waals surface area contributed by atoms with E-state index in [1.54, 1.807) is 7.11 Å². The van der Waals surface area contributed by atoms with E-state index in [4.69, 9.17) is 14.2 Å². The van der Waals surface area contributed by atoms with Crippen molar-refractivity contribution in [3.63, 3.8) is 0 Å². The van der Waals surface area contributed by atoms with Crippen molar-refractivity contribution in [2.45, 2.75) is 29.9 Å². The van der Waals surface area contributed by atoms with Crippen LogP contribution in [-0.2, 0) is 11.3 Å². The van der Waals surface area contributed by atoms with Crippen LogP contribution in [0.4, 0.5) is 0 Å².